The van der Waals surface area contributed by atoms with Gasteiger partial charge in [-0.2, -0.15) is 26.3 Å². The normalized spacial score (nSPS) is 25.8. The van der Waals surface area contributed by atoms with Crippen LogP contribution in [0.1, 0.15) is 6.42 Å². The van der Waals surface area contributed by atoms with Crippen LogP contribution in [0.4, 0.5) is 26.3 Å². The fourth-order valence-corrected chi connectivity index (χ4v) is 1.48. The molecule has 0 bridgehead atoms. The second-order valence-corrected chi connectivity index (χ2v) is 3.64. The molecule has 1 rings (SSSR count). The van der Waals surface area contributed by atoms with Gasteiger partial charge in [-0.15, -0.1) is 0 Å². The summed E-state index contributed by atoms with van der Waals surface area (Å²) >= 11 is 0. The molecular weight excluding hydrogens is 253 g/mol. The number of allylic oxidation sites excluding steroid dienone is 4. The molecule has 0 aromatic rings. The summed E-state index contributed by atoms with van der Waals surface area (Å²) < 4.78 is 74.8. The summed E-state index contributed by atoms with van der Waals surface area (Å²) in [4.78, 5) is 0. The Bertz CT molecular complexity index is 356. The first-order chi connectivity index (χ1) is 7.51. The summed E-state index contributed by atoms with van der Waals surface area (Å²) in [5, 5.41) is 14.2. The van der Waals surface area contributed by atoms with E-state index >= 15 is 0 Å². The molecule has 0 spiro atoms. The van der Waals surface area contributed by atoms with E-state index in [4.69, 9.17) is 10.0 Å². The monoisotopic (exact) mass is 260 g/mol. The van der Waals surface area contributed by atoms with E-state index < -0.39 is 36.8 Å². The van der Waals surface area contributed by atoms with Crippen molar-refractivity contribution in [2.75, 3.05) is 0 Å². The summed E-state index contributed by atoms with van der Waals surface area (Å²) in [6.07, 6.45) is -10.3. The molecule has 9 heteroatoms. The topological polar surface area (TPSA) is 40.5 Å². The van der Waals surface area contributed by atoms with E-state index in [-0.39, 0.29) is 0 Å². The van der Waals surface area contributed by atoms with Gasteiger partial charge in [0.05, 0.1) is 0 Å². The van der Waals surface area contributed by atoms with Crippen molar-refractivity contribution in [2.24, 2.45) is 0 Å². The van der Waals surface area contributed by atoms with Crippen molar-refractivity contribution in [3.05, 3.63) is 23.8 Å². The lowest BCUT2D eigenvalue weighted by molar-refractivity contribution is -0.165. The fraction of sp³-hybridized carbons (Fsp3) is 0.500. The van der Waals surface area contributed by atoms with Gasteiger partial charge in [0.2, 0.25) is 0 Å². The van der Waals surface area contributed by atoms with E-state index in [9.17, 15) is 26.3 Å². The molecule has 0 aliphatic heterocycles. The van der Waals surface area contributed by atoms with Gasteiger partial charge in [0.25, 0.3) is 0 Å². The summed E-state index contributed by atoms with van der Waals surface area (Å²) in [5.74, 6) is 0. The van der Waals surface area contributed by atoms with E-state index in [1.807, 2.05) is 0 Å². The molecule has 96 valence electrons. The SMILES string of the molecule is OB(O)C1(C(F)(F)F)C=CC=C(C(F)(F)F)C1. The molecule has 0 fully saturated rings. The summed E-state index contributed by atoms with van der Waals surface area (Å²) in [6, 6.07) is 0. The van der Waals surface area contributed by atoms with Gasteiger partial charge in [0.15, 0.2) is 0 Å². The zero-order chi connectivity index (χ0) is 13.5. The van der Waals surface area contributed by atoms with Gasteiger partial charge in [-0.1, -0.05) is 18.2 Å². The predicted octanol–water partition coefficient (Wildman–Crippen LogP) is 2.21. The zero-order valence-corrected chi connectivity index (χ0v) is 8.18. The molecule has 0 saturated heterocycles. The highest BCUT2D eigenvalue weighted by atomic mass is 19.4. The van der Waals surface area contributed by atoms with E-state index in [0.29, 0.717) is 18.2 Å². The molecule has 1 aliphatic rings. The molecule has 0 radical (unpaired) electrons. The second kappa shape index (κ2) is 4.06. The van der Waals surface area contributed by atoms with Crippen LogP contribution in [0.2, 0.25) is 5.31 Å². The molecule has 0 aromatic heterocycles. The Morgan fingerprint density at radius 1 is 1.12 bits per heavy atom. The molecule has 1 atom stereocenters. The van der Waals surface area contributed by atoms with Crippen LogP contribution in [0.5, 0.6) is 0 Å². The number of alkyl halides is 6. The average molecular weight is 260 g/mol. The van der Waals surface area contributed by atoms with Gasteiger partial charge in [-0.25, -0.2) is 0 Å². The fourth-order valence-electron chi connectivity index (χ4n) is 1.48. The van der Waals surface area contributed by atoms with Gasteiger partial charge in [0.1, 0.15) is 5.31 Å². The lowest BCUT2D eigenvalue weighted by Gasteiger charge is -2.35. The number of rotatable bonds is 1. The van der Waals surface area contributed by atoms with E-state index in [1.54, 1.807) is 0 Å². The van der Waals surface area contributed by atoms with Crippen molar-refractivity contribution in [1.29, 1.82) is 0 Å². The van der Waals surface area contributed by atoms with Gasteiger partial charge < -0.3 is 10.0 Å². The Morgan fingerprint density at radius 2 is 1.65 bits per heavy atom. The minimum absolute atomic E-state index is 0.326. The Morgan fingerprint density at radius 3 is 2.00 bits per heavy atom. The minimum Gasteiger partial charge on any atom is -0.426 e. The number of hydrogen-bond donors (Lipinski definition) is 2. The lowest BCUT2D eigenvalue weighted by atomic mass is 9.53. The van der Waals surface area contributed by atoms with Gasteiger partial charge >= 0.3 is 19.5 Å². The lowest BCUT2D eigenvalue weighted by Crippen LogP contribution is -2.45. The Kier molecular flexibility index (Phi) is 3.37. The molecule has 0 saturated carbocycles. The van der Waals surface area contributed by atoms with Gasteiger partial charge in [-0.05, 0) is 6.42 Å². The largest absolute Gasteiger partial charge is 0.471 e. The molecule has 2 N–H and O–H groups in total. The minimum atomic E-state index is -5.19. The third kappa shape index (κ3) is 2.49. The Balaban J connectivity index is 3.17. The van der Waals surface area contributed by atoms with Crippen LogP contribution in [0.25, 0.3) is 0 Å². The van der Waals surface area contributed by atoms with Crippen molar-refractivity contribution >= 4 is 7.12 Å². The maximum absolute atomic E-state index is 12.6. The third-order valence-electron chi connectivity index (χ3n) is 2.53. The standard InChI is InChI=1S/C8H7BF6O2/c10-7(11,12)5-2-1-3-6(4-5,9(16)17)8(13,14)15/h1-3,16-17H,4H2. The Hall–Kier alpha value is -0.955. The number of hydrogen-bond acceptors (Lipinski definition) is 2. The van der Waals surface area contributed by atoms with Crippen LogP contribution in [-0.2, 0) is 0 Å². The van der Waals surface area contributed by atoms with Crippen LogP contribution in [-0.4, -0.2) is 29.5 Å². The third-order valence-corrected chi connectivity index (χ3v) is 2.53. The molecule has 1 aliphatic carbocycles. The van der Waals surface area contributed by atoms with Crippen LogP contribution in [0, 0.1) is 0 Å². The van der Waals surface area contributed by atoms with Crippen molar-refractivity contribution in [1.82, 2.24) is 0 Å². The predicted molar refractivity (Wildman–Crippen MR) is 46.8 cm³/mol. The first kappa shape index (κ1) is 14.1. The quantitative estimate of drug-likeness (QED) is 0.560. The second-order valence-electron chi connectivity index (χ2n) is 3.64. The first-order valence-corrected chi connectivity index (χ1v) is 4.39. The molecule has 0 amide bonds. The van der Waals surface area contributed by atoms with E-state index in [2.05, 4.69) is 0 Å². The highest BCUT2D eigenvalue weighted by Crippen LogP contribution is 2.55. The van der Waals surface area contributed by atoms with Crippen molar-refractivity contribution < 1.29 is 36.4 Å². The van der Waals surface area contributed by atoms with Crippen LogP contribution < -0.4 is 0 Å². The van der Waals surface area contributed by atoms with Crippen LogP contribution >= 0.6 is 0 Å². The molecule has 0 heterocycles. The highest BCUT2D eigenvalue weighted by Gasteiger charge is 2.62. The molecule has 2 nitrogen and oxygen atoms in total. The van der Waals surface area contributed by atoms with E-state index in [0.717, 1.165) is 0 Å². The smallest absolute Gasteiger partial charge is 0.426 e. The zero-order valence-electron chi connectivity index (χ0n) is 8.18. The average Bonchev–Trinajstić information content (AvgIpc) is 2.14. The maximum Gasteiger partial charge on any atom is 0.471 e. The summed E-state index contributed by atoms with van der Waals surface area (Å²) in [7, 11) is -2.95. The summed E-state index contributed by atoms with van der Waals surface area (Å²) in [5.41, 5.74) is -1.45. The van der Waals surface area contributed by atoms with Gasteiger partial charge in [-0.3, -0.25) is 0 Å². The maximum atomic E-state index is 12.6. The first-order valence-electron chi connectivity index (χ1n) is 4.39. The van der Waals surface area contributed by atoms with Crippen molar-refractivity contribution in [3.63, 3.8) is 0 Å². The van der Waals surface area contributed by atoms with Crippen molar-refractivity contribution in [3.8, 4) is 0 Å². The van der Waals surface area contributed by atoms with Crippen molar-refractivity contribution in [2.45, 2.75) is 24.1 Å². The van der Waals surface area contributed by atoms with Crippen LogP contribution in [0.3, 0.4) is 0 Å². The molecule has 0 aromatic carbocycles. The van der Waals surface area contributed by atoms with Crippen LogP contribution in [0.15, 0.2) is 23.8 Å². The van der Waals surface area contributed by atoms with E-state index in [1.165, 1.54) is 0 Å². The summed E-state index contributed by atoms with van der Waals surface area (Å²) in [6.45, 7) is 0. The number of halogens is 6. The molecule has 17 heavy (non-hydrogen) atoms. The highest BCUT2D eigenvalue weighted by molar-refractivity contribution is 6.47. The van der Waals surface area contributed by atoms with Gasteiger partial charge in [0, 0.05) is 5.57 Å². The molecule has 1 unspecified atom stereocenters. The molecular formula is C8H7BF6O2. The Labute approximate surface area is 92.4 Å².